The molecule has 1 atom stereocenters. The maximum atomic E-state index is 13.9. The van der Waals surface area contributed by atoms with Gasteiger partial charge < -0.3 is 10.6 Å². The van der Waals surface area contributed by atoms with E-state index in [9.17, 15) is 18.0 Å². The molecule has 1 heterocycles. The molecule has 10 nitrogen and oxygen atoms in total. The summed E-state index contributed by atoms with van der Waals surface area (Å²) in [5.41, 5.74) is 11.3. The molecule has 11 heteroatoms. The molecule has 2 amide bonds. The Morgan fingerprint density at radius 2 is 1.69 bits per heavy atom. The van der Waals surface area contributed by atoms with Crippen LogP contribution in [-0.4, -0.2) is 55.3 Å². The Morgan fingerprint density at radius 3 is 2.33 bits per heavy atom. The van der Waals surface area contributed by atoms with Crippen LogP contribution in [0.2, 0.25) is 0 Å². The summed E-state index contributed by atoms with van der Waals surface area (Å²) in [5, 5.41) is 16.5. The van der Waals surface area contributed by atoms with Gasteiger partial charge in [-0.1, -0.05) is 68.4 Å². The van der Waals surface area contributed by atoms with E-state index in [1.165, 1.54) is 11.6 Å². The van der Waals surface area contributed by atoms with Gasteiger partial charge in [-0.3, -0.25) is 20.2 Å². The van der Waals surface area contributed by atoms with Gasteiger partial charge in [-0.05, 0) is 84.4 Å². The van der Waals surface area contributed by atoms with E-state index in [4.69, 9.17) is 16.4 Å². The van der Waals surface area contributed by atoms with E-state index >= 15 is 0 Å². The molecule has 0 saturated carbocycles. The summed E-state index contributed by atoms with van der Waals surface area (Å²) >= 11 is 0. The number of nitrogens with zero attached hydrogens (tertiary/aromatic N) is 1. The SMILES string of the molecule is CC(C)c1ccc(-c2cccc(S(=O)(=O)N[C@@H](Cc3cccc(C(=N)N)c3)C(=O)N3CCC(CCCC(=O)NO)CC3)c2)cc1. The third-order valence-electron chi connectivity index (χ3n) is 8.40. The van der Waals surface area contributed by atoms with Crippen LogP contribution in [0.3, 0.4) is 0 Å². The zero-order valence-electron chi connectivity index (χ0n) is 25.8. The number of nitrogens with two attached hydrogens (primary N) is 1. The van der Waals surface area contributed by atoms with Gasteiger partial charge in [-0.25, -0.2) is 13.9 Å². The second-order valence-electron chi connectivity index (χ2n) is 12.0. The highest BCUT2D eigenvalue weighted by atomic mass is 32.2. The Morgan fingerprint density at radius 1 is 1.00 bits per heavy atom. The Labute approximate surface area is 265 Å². The van der Waals surface area contributed by atoms with Crippen LogP contribution >= 0.6 is 0 Å². The number of carbonyl (C=O) groups is 2. The van der Waals surface area contributed by atoms with Gasteiger partial charge in [0.05, 0.1) is 4.90 Å². The first-order valence-electron chi connectivity index (χ1n) is 15.3. The molecule has 3 aromatic rings. The van der Waals surface area contributed by atoms with Crippen molar-refractivity contribution >= 4 is 27.7 Å². The number of amides is 2. The Bertz CT molecular complexity index is 1600. The van der Waals surface area contributed by atoms with E-state index in [2.05, 4.69) is 18.6 Å². The highest BCUT2D eigenvalue weighted by Gasteiger charge is 2.32. The molecule has 0 aliphatic carbocycles. The molecule has 4 rings (SSSR count). The zero-order valence-corrected chi connectivity index (χ0v) is 26.6. The monoisotopic (exact) mass is 633 g/mol. The van der Waals surface area contributed by atoms with Gasteiger partial charge in [-0.15, -0.1) is 0 Å². The van der Waals surface area contributed by atoms with Crippen LogP contribution in [0.5, 0.6) is 0 Å². The normalized spacial score (nSPS) is 14.7. The number of nitrogen functional groups attached to an aromatic ring is 1. The molecule has 0 aromatic heterocycles. The largest absolute Gasteiger partial charge is 0.384 e. The minimum Gasteiger partial charge on any atom is -0.384 e. The van der Waals surface area contributed by atoms with Crippen molar-refractivity contribution in [2.45, 2.75) is 69.2 Å². The molecular weight excluding hydrogens is 590 g/mol. The standard InChI is InChI=1S/C34H43N5O5S/c1-23(2)26-12-14-27(15-13-26)28-8-5-10-30(22-28)45(43,44)38-31(21-25-7-3-9-29(20-25)33(35)36)34(41)39-18-16-24(17-19-39)6-4-11-32(40)37-42/h3,5,7-10,12-15,20,22-24,31,38,42H,4,6,11,16-19,21H2,1-2H3,(H3,35,36)(H,37,40)/t31-/m0/s1. The van der Waals surface area contributed by atoms with Crippen LogP contribution < -0.4 is 15.9 Å². The molecule has 0 radical (unpaired) electrons. The van der Waals surface area contributed by atoms with Gasteiger partial charge in [0.2, 0.25) is 21.8 Å². The van der Waals surface area contributed by atoms with Crippen molar-refractivity contribution in [3.63, 3.8) is 0 Å². The Balaban J connectivity index is 1.53. The number of sulfonamides is 1. The van der Waals surface area contributed by atoms with E-state index in [1.54, 1.807) is 46.8 Å². The first-order chi connectivity index (χ1) is 21.5. The second kappa shape index (κ2) is 15.3. The minimum atomic E-state index is -4.10. The summed E-state index contributed by atoms with van der Waals surface area (Å²) in [6, 6.07) is 20.6. The summed E-state index contributed by atoms with van der Waals surface area (Å²) in [7, 11) is -4.10. The van der Waals surface area contributed by atoms with E-state index in [1.807, 2.05) is 30.3 Å². The molecule has 1 saturated heterocycles. The minimum absolute atomic E-state index is 0.0637. The van der Waals surface area contributed by atoms with Crippen molar-refractivity contribution < 1.29 is 23.2 Å². The summed E-state index contributed by atoms with van der Waals surface area (Å²) in [5.74, 6) is -0.129. The molecule has 45 heavy (non-hydrogen) atoms. The number of hydrogen-bond acceptors (Lipinski definition) is 6. The first kappa shape index (κ1) is 33.8. The number of likely N-dealkylation sites (tertiary alicyclic amines) is 1. The first-order valence-corrected chi connectivity index (χ1v) is 16.8. The number of hydroxylamine groups is 1. The van der Waals surface area contributed by atoms with Gasteiger partial charge in [0.15, 0.2) is 0 Å². The highest BCUT2D eigenvalue weighted by Crippen LogP contribution is 2.26. The average molecular weight is 634 g/mol. The summed E-state index contributed by atoms with van der Waals surface area (Å²) in [6.45, 7) is 5.19. The Hall–Kier alpha value is -4.06. The third-order valence-corrected chi connectivity index (χ3v) is 9.86. The predicted molar refractivity (Wildman–Crippen MR) is 174 cm³/mol. The molecule has 1 fully saturated rings. The van der Waals surface area contributed by atoms with Crippen LogP contribution in [0.25, 0.3) is 11.1 Å². The van der Waals surface area contributed by atoms with Crippen molar-refractivity contribution in [3.05, 3.63) is 89.5 Å². The number of benzene rings is 3. The van der Waals surface area contributed by atoms with E-state index < -0.39 is 22.0 Å². The summed E-state index contributed by atoms with van der Waals surface area (Å²) in [4.78, 5) is 27.0. The average Bonchev–Trinajstić information content (AvgIpc) is 3.04. The summed E-state index contributed by atoms with van der Waals surface area (Å²) in [6.07, 6.45) is 3.25. The molecular formula is C34H43N5O5S. The van der Waals surface area contributed by atoms with Gasteiger partial charge in [0, 0.05) is 25.1 Å². The maximum Gasteiger partial charge on any atom is 0.243 e. The van der Waals surface area contributed by atoms with E-state index in [0.717, 1.165) is 30.4 Å². The maximum absolute atomic E-state index is 13.9. The number of nitrogens with one attached hydrogen (secondary N) is 3. The Kier molecular flexibility index (Phi) is 11.5. The molecule has 0 spiro atoms. The lowest BCUT2D eigenvalue weighted by Crippen LogP contribution is -2.51. The number of rotatable bonds is 13. The van der Waals surface area contributed by atoms with Gasteiger partial charge in [0.1, 0.15) is 11.9 Å². The van der Waals surface area contributed by atoms with Crippen LogP contribution in [-0.2, 0) is 26.0 Å². The van der Waals surface area contributed by atoms with Gasteiger partial charge in [-0.2, -0.15) is 4.72 Å². The topological polar surface area (TPSA) is 166 Å². The summed E-state index contributed by atoms with van der Waals surface area (Å²) < 4.78 is 30.3. The van der Waals surface area contributed by atoms with Gasteiger partial charge >= 0.3 is 0 Å². The van der Waals surface area contributed by atoms with E-state index in [-0.39, 0.29) is 29.5 Å². The number of piperidine rings is 1. The molecule has 6 N–H and O–H groups in total. The van der Waals surface area contributed by atoms with Crippen LogP contribution in [0.1, 0.15) is 68.6 Å². The lowest BCUT2D eigenvalue weighted by atomic mass is 9.91. The third kappa shape index (κ3) is 9.23. The lowest BCUT2D eigenvalue weighted by Gasteiger charge is -2.34. The van der Waals surface area contributed by atoms with E-state index in [0.29, 0.717) is 42.5 Å². The van der Waals surface area contributed by atoms with Crippen molar-refractivity contribution in [1.82, 2.24) is 15.1 Å². The van der Waals surface area contributed by atoms with Crippen molar-refractivity contribution in [2.24, 2.45) is 11.7 Å². The van der Waals surface area contributed by atoms with Crippen LogP contribution in [0.4, 0.5) is 0 Å². The fraction of sp³-hybridized carbons (Fsp3) is 0.382. The fourth-order valence-electron chi connectivity index (χ4n) is 5.71. The number of hydrogen-bond donors (Lipinski definition) is 5. The van der Waals surface area contributed by atoms with Crippen molar-refractivity contribution in [3.8, 4) is 11.1 Å². The quantitative estimate of drug-likeness (QED) is 0.0801. The van der Waals surface area contributed by atoms with Gasteiger partial charge in [0.25, 0.3) is 0 Å². The lowest BCUT2D eigenvalue weighted by molar-refractivity contribution is -0.134. The fourth-order valence-corrected chi connectivity index (χ4v) is 6.94. The van der Waals surface area contributed by atoms with Crippen molar-refractivity contribution in [1.29, 1.82) is 5.41 Å². The highest BCUT2D eigenvalue weighted by molar-refractivity contribution is 7.89. The number of carbonyl (C=O) groups excluding carboxylic acids is 2. The molecule has 0 bridgehead atoms. The van der Waals surface area contributed by atoms with Crippen LogP contribution in [0, 0.1) is 11.3 Å². The molecule has 3 aromatic carbocycles. The number of amidine groups is 1. The molecule has 0 unspecified atom stereocenters. The molecule has 240 valence electrons. The van der Waals surface area contributed by atoms with Crippen molar-refractivity contribution in [2.75, 3.05) is 13.1 Å². The predicted octanol–water partition coefficient (Wildman–Crippen LogP) is 4.56. The second-order valence-corrected chi connectivity index (χ2v) is 13.7. The smallest absolute Gasteiger partial charge is 0.243 e. The van der Waals surface area contributed by atoms with Crippen LogP contribution in [0.15, 0.2) is 77.7 Å². The zero-order chi connectivity index (χ0) is 32.6. The molecule has 1 aliphatic heterocycles. The molecule has 1 aliphatic rings.